The maximum Gasteiger partial charge on any atom is 0.254 e. The molecule has 0 spiro atoms. The van der Waals surface area contributed by atoms with Crippen molar-refractivity contribution in [3.05, 3.63) is 59.1 Å². The number of benzene rings is 2. The van der Waals surface area contributed by atoms with E-state index < -0.39 is 0 Å². The van der Waals surface area contributed by atoms with Crippen molar-refractivity contribution in [3.8, 4) is 12.3 Å². The smallest absolute Gasteiger partial charge is 0.254 e. The molecule has 0 aliphatic heterocycles. The molecule has 0 atom stereocenters. The van der Waals surface area contributed by atoms with Crippen molar-refractivity contribution >= 4 is 40.9 Å². The van der Waals surface area contributed by atoms with Gasteiger partial charge in [-0.2, -0.15) is 0 Å². The number of terminal acetylenes is 1. The Morgan fingerprint density at radius 2 is 1.83 bits per heavy atom. The number of thioether (sulfide) groups is 1. The first-order valence-corrected chi connectivity index (χ1v) is 8.46. The fraction of sp³-hybridized carbons (Fsp3) is 0.111. The van der Waals surface area contributed by atoms with E-state index >= 15 is 0 Å². The predicted molar refractivity (Wildman–Crippen MR) is 98.4 cm³/mol. The molecule has 0 fully saturated rings. The third kappa shape index (κ3) is 5.05. The van der Waals surface area contributed by atoms with Gasteiger partial charge < -0.3 is 10.6 Å². The zero-order valence-electron chi connectivity index (χ0n) is 12.7. The monoisotopic (exact) mass is 358 g/mol. The molecule has 0 saturated carbocycles. The van der Waals surface area contributed by atoms with Crippen LogP contribution in [0, 0.1) is 12.3 Å². The fourth-order valence-electron chi connectivity index (χ4n) is 1.91. The number of anilines is 1. The average Bonchev–Trinajstić information content (AvgIpc) is 2.59. The van der Waals surface area contributed by atoms with E-state index in [1.165, 1.54) is 11.8 Å². The number of rotatable bonds is 6. The van der Waals surface area contributed by atoms with Gasteiger partial charge in [-0.25, -0.2) is 0 Å². The van der Waals surface area contributed by atoms with Crippen molar-refractivity contribution in [1.82, 2.24) is 5.32 Å². The van der Waals surface area contributed by atoms with Crippen molar-refractivity contribution < 1.29 is 9.59 Å². The summed E-state index contributed by atoms with van der Waals surface area (Å²) >= 11 is 7.39. The van der Waals surface area contributed by atoms with E-state index in [2.05, 4.69) is 16.6 Å². The highest BCUT2D eigenvalue weighted by atomic mass is 35.5. The molecule has 2 aromatic rings. The van der Waals surface area contributed by atoms with E-state index in [1.54, 1.807) is 30.3 Å². The van der Waals surface area contributed by atoms with Gasteiger partial charge in [0.15, 0.2) is 0 Å². The minimum Gasteiger partial charge on any atom is -0.341 e. The number of carbonyl (C=O) groups is 2. The molecule has 2 rings (SSSR count). The molecule has 0 aliphatic rings. The molecule has 0 saturated heterocycles. The van der Waals surface area contributed by atoms with Crippen LogP contribution in [-0.2, 0) is 4.79 Å². The van der Waals surface area contributed by atoms with Gasteiger partial charge in [0, 0.05) is 4.90 Å². The van der Waals surface area contributed by atoms with Crippen molar-refractivity contribution in [2.75, 3.05) is 17.6 Å². The number of hydrogen-bond donors (Lipinski definition) is 2. The normalized spacial score (nSPS) is 9.83. The minimum atomic E-state index is -0.331. The van der Waals surface area contributed by atoms with Crippen LogP contribution < -0.4 is 10.6 Å². The summed E-state index contributed by atoms with van der Waals surface area (Å²) in [7, 11) is 0. The number of amides is 2. The van der Waals surface area contributed by atoms with E-state index in [-0.39, 0.29) is 24.1 Å². The maximum absolute atomic E-state index is 12.1. The number of halogens is 1. The summed E-state index contributed by atoms with van der Waals surface area (Å²) < 4.78 is 0. The number of nitrogens with one attached hydrogen (secondary N) is 2. The summed E-state index contributed by atoms with van der Waals surface area (Å²) in [6.45, 7) is 0.128. The van der Waals surface area contributed by atoms with Crippen LogP contribution in [0.1, 0.15) is 10.4 Å². The Morgan fingerprint density at radius 3 is 2.58 bits per heavy atom. The highest BCUT2D eigenvalue weighted by Gasteiger charge is 2.13. The number of para-hydroxylation sites is 1. The van der Waals surface area contributed by atoms with Crippen molar-refractivity contribution in [2.24, 2.45) is 0 Å². The largest absolute Gasteiger partial charge is 0.341 e. The van der Waals surface area contributed by atoms with Gasteiger partial charge in [0.1, 0.15) is 0 Å². The van der Waals surface area contributed by atoms with E-state index in [4.69, 9.17) is 18.0 Å². The van der Waals surface area contributed by atoms with E-state index in [1.807, 2.05) is 18.2 Å². The molecule has 0 radical (unpaired) electrons. The molecule has 2 N–H and O–H groups in total. The zero-order chi connectivity index (χ0) is 17.4. The molecule has 2 amide bonds. The third-order valence-corrected chi connectivity index (χ3v) is 4.51. The van der Waals surface area contributed by atoms with Crippen LogP contribution in [0.15, 0.2) is 53.4 Å². The molecular formula is C18H15ClN2O2S. The van der Waals surface area contributed by atoms with Crippen LogP contribution in [-0.4, -0.2) is 24.1 Å². The first-order valence-electron chi connectivity index (χ1n) is 7.09. The first-order chi connectivity index (χ1) is 11.6. The second-order valence-electron chi connectivity index (χ2n) is 4.70. The summed E-state index contributed by atoms with van der Waals surface area (Å²) in [5, 5.41) is 5.92. The van der Waals surface area contributed by atoms with Crippen LogP contribution in [0.4, 0.5) is 5.69 Å². The predicted octanol–water partition coefficient (Wildman–Crippen LogP) is 3.43. The highest BCUT2D eigenvalue weighted by Crippen LogP contribution is 2.26. The molecule has 4 nitrogen and oxygen atoms in total. The van der Waals surface area contributed by atoms with Crippen molar-refractivity contribution in [1.29, 1.82) is 0 Å². The molecule has 6 heteroatoms. The summed E-state index contributed by atoms with van der Waals surface area (Å²) in [5.74, 6) is 1.97. The van der Waals surface area contributed by atoms with Crippen LogP contribution in [0.25, 0.3) is 0 Å². The zero-order valence-corrected chi connectivity index (χ0v) is 14.3. The first kappa shape index (κ1) is 17.9. The molecule has 0 bridgehead atoms. The molecular weight excluding hydrogens is 344 g/mol. The van der Waals surface area contributed by atoms with E-state index in [0.717, 1.165) is 4.90 Å². The highest BCUT2D eigenvalue weighted by molar-refractivity contribution is 8.00. The number of hydrogen-bond acceptors (Lipinski definition) is 3. The third-order valence-electron chi connectivity index (χ3n) is 2.99. The maximum atomic E-state index is 12.1. The molecule has 0 aliphatic carbocycles. The van der Waals surface area contributed by atoms with Gasteiger partial charge >= 0.3 is 0 Å². The minimum absolute atomic E-state index is 0.128. The Labute approximate surface area is 150 Å². The van der Waals surface area contributed by atoms with Gasteiger partial charge in [0.25, 0.3) is 5.91 Å². The Hall–Kier alpha value is -2.42. The lowest BCUT2D eigenvalue weighted by Gasteiger charge is -2.10. The van der Waals surface area contributed by atoms with Crippen LogP contribution in [0.2, 0.25) is 5.02 Å². The fourth-order valence-corrected chi connectivity index (χ4v) is 2.95. The van der Waals surface area contributed by atoms with Gasteiger partial charge in [-0.05, 0) is 24.3 Å². The summed E-state index contributed by atoms with van der Waals surface area (Å²) in [6, 6.07) is 14.1. The topological polar surface area (TPSA) is 58.2 Å². The Kier molecular flexibility index (Phi) is 6.74. The van der Waals surface area contributed by atoms with Gasteiger partial charge in [0.2, 0.25) is 5.91 Å². The molecule has 0 aromatic heterocycles. The Morgan fingerprint density at radius 1 is 1.12 bits per heavy atom. The average molecular weight is 359 g/mol. The van der Waals surface area contributed by atoms with E-state index in [0.29, 0.717) is 16.3 Å². The standard InChI is InChI=1S/C18H15ClN2O2S/c1-2-11-20-18(23)13-7-3-5-9-15(13)21-17(22)12-24-16-10-6-4-8-14(16)19/h1,3-10H,11-12H2,(H,20,23)(H,21,22). The van der Waals surface area contributed by atoms with E-state index in [9.17, 15) is 9.59 Å². The lowest BCUT2D eigenvalue weighted by atomic mass is 10.1. The summed E-state index contributed by atoms with van der Waals surface area (Å²) in [5.41, 5.74) is 0.806. The van der Waals surface area contributed by atoms with Gasteiger partial charge in [-0.15, -0.1) is 18.2 Å². The quantitative estimate of drug-likeness (QED) is 0.614. The second kappa shape index (κ2) is 9.02. The Balaban J connectivity index is 2.00. The molecule has 122 valence electrons. The molecule has 24 heavy (non-hydrogen) atoms. The molecule has 0 heterocycles. The van der Waals surface area contributed by atoms with Crippen LogP contribution >= 0.6 is 23.4 Å². The van der Waals surface area contributed by atoms with Crippen LogP contribution in [0.3, 0.4) is 0 Å². The molecule has 2 aromatic carbocycles. The van der Waals surface area contributed by atoms with Gasteiger partial charge in [0.05, 0.1) is 28.6 Å². The summed E-state index contributed by atoms with van der Waals surface area (Å²) in [6.07, 6.45) is 5.13. The lowest BCUT2D eigenvalue weighted by Crippen LogP contribution is -2.25. The van der Waals surface area contributed by atoms with Crippen molar-refractivity contribution in [3.63, 3.8) is 0 Å². The Bertz CT molecular complexity index is 787. The van der Waals surface area contributed by atoms with Gasteiger partial charge in [-0.1, -0.05) is 41.8 Å². The number of carbonyl (C=O) groups excluding carboxylic acids is 2. The van der Waals surface area contributed by atoms with Crippen LogP contribution in [0.5, 0.6) is 0 Å². The molecule has 0 unspecified atom stereocenters. The van der Waals surface area contributed by atoms with Crippen molar-refractivity contribution in [2.45, 2.75) is 4.90 Å². The summed E-state index contributed by atoms with van der Waals surface area (Å²) in [4.78, 5) is 25.0. The lowest BCUT2D eigenvalue weighted by molar-refractivity contribution is -0.113. The van der Waals surface area contributed by atoms with Gasteiger partial charge in [-0.3, -0.25) is 9.59 Å². The SMILES string of the molecule is C#CCNC(=O)c1ccccc1NC(=O)CSc1ccccc1Cl. The second-order valence-corrected chi connectivity index (χ2v) is 6.12.